The minimum Gasteiger partial charge on any atom is -0.540 e. The average molecular weight is 538 g/mol. The van der Waals surface area contributed by atoms with E-state index in [0.29, 0.717) is 26.7 Å². The fraction of sp³-hybridized carbons (Fsp3) is 0.423. The van der Waals surface area contributed by atoms with E-state index < -0.39 is 0 Å². The van der Waals surface area contributed by atoms with E-state index in [1.165, 1.54) is 5.57 Å². The van der Waals surface area contributed by atoms with Gasteiger partial charge in [0, 0.05) is 15.7 Å². The van der Waals surface area contributed by atoms with Crippen molar-refractivity contribution < 1.29 is 56.2 Å². The first kappa shape index (κ1) is 35.5. The van der Waals surface area contributed by atoms with E-state index in [9.17, 15) is 4.79 Å². The molecule has 0 spiro atoms. The Bertz CT molecular complexity index is 758. The monoisotopic (exact) mass is 536 g/mol. The van der Waals surface area contributed by atoms with Gasteiger partial charge in [-0.05, 0) is 51.4 Å². The van der Waals surface area contributed by atoms with Gasteiger partial charge in [0.15, 0.2) is 0 Å². The first-order valence-electron chi connectivity index (χ1n) is 10.7. The maximum Gasteiger partial charge on any atom is 1.00 e. The molecule has 0 radical (unpaired) electrons. The predicted octanol–water partition coefficient (Wildman–Crippen LogP) is 4.78. The summed E-state index contributed by atoms with van der Waals surface area (Å²) in [5.74, 6) is 0.537. The van der Waals surface area contributed by atoms with E-state index in [0.717, 1.165) is 37.8 Å². The van der Waals surface area contributed by atoms with Crippen LogP contribution in [0.5, 0.6) is 0 Å². The molecule has 2 atom stereocenters. The van der Waals surface area contributed by atoms with Crippen LogP contribution in [-0.4, -0.2) is 18.9 Å². The van der Waals surface area contributed by atoms with E-state index in [-0.39, 0.29) is 63.5 Å². The molecule has 0 saturated carbocycles. The van der Waals surface area contributed by atoms with Gasteiger partial charge in [-0.2, -0.15) is 12.8 Å². The molecule has 0 aliphatic carbocycles. The van der Waals surface area contributed by atoms with Crippen LogP contribution in [0.3, 0.4) is 0 Å². The minimum atomic E-state index is 0. The van der Waals surface area contributed by atoms with E-state index >= 15 is 0 Å². The minimum absolute atomic E-state index is 0. The van der Waals surface area contributed by atoms with E-state index in [1.54, 1.807) is 18.2 Å². The summed E-state index contributed by atoms with van der Waals surface area (Å²) in [7, 11) is 0. The third-order valence-electron chi connectivity index (χ3n) is 4.96. The average Bonchev–Trinajstić information content (AvgIpc) is 3.28. The van der Waals surface area contributed by atoms with Gasteiger partial charge in [-0.1, -0.05) is 77.5 Å². The molecule has 1 unspecified atom stereocenters. The Labute approximate surface area is 259 Å². The van der Waals surface area contributed by atoms with Crippen LogP contribution in [0.15, 0.2) is 53.7 Å². The Morgan fingerprint density at radius 2 is 1.94 bits per heavy atom. The summed E-state index contributed by atoms with van der Waals surface area (Å²) in [6.07, 6.45) is 7.65. The summed E-state index contributed by atoms with van der Waals surface area (Å²) >= 11 is 17.9. The van der Waals surface area contributed by atoms with Crippen molar-refractivity contribution >= 4 is 41.1 Å². The van der Waals surface area contributed by atoms with E-state index in [2.05, 4.69) is 37.6 Å². The summed E-state index contributed by atoms with van der Waals surface area (Å²) in [6, 6.07) is 5.47. The van der Waals surface area contributed by atoms with Crippen LogP contribution >= 0.6 is 34.8 Å². The van der Waals surface area contributed by atoms with Crippen molar-refractivity contribution in [3.8, 4) is 0 Å². The molecule has 1 aromatic rings. The van der Waals surface area contributed by atoms with Crippen LogP contribution in [0.4, 0.5) is 0 Å². The molecule has 0 amide bonds. The molecule has 0 aromatic heterocycles. The number of carbonyl (C=O) groups excluding carboxylic acids is 1. The predicted molar refractivity (Wildman–Crippen MR) is 142 cm³/mol. The molecule has 1 aromatic carbocycles. The maximum absolute atomic E-state index is 9.82. The number of allylic oxidation sites excluding steroid dienone is 3. The van der Waals surface area contributed by atoms with Gasteiger partial charge in [0.1, 0.15) is 0 Å². The fourth-order valence-corrected chi connectivity index (χ4v) is 3.48. The molecule has 1 aliphatic rings. The van der Waals surface area contributed by atoms with Crippen LogP contribution in [0, 0.1) is 19.8 Å². The van der Waals surface area contributed by atoms with Gasteiger partial charge in [0.2, 0.25) is 0 Å². The molecule has 2 rings (SSSR count). The second-order valence-electron chi connectivity index (χ2n) is 7.53. The molecule has 2 N–H and O–H groups in total. The Morgan fingerprint density at radius 3 is 2.27 bits per heavy atom. The van der Waals surface area contributed by atoms with Crippen molar-refractivity contribution in [3.05, 3.63) is 83.2 Å². The summed E-state index contributed by atoms with van der Waals surface area (Å²) in [5.41, 5.74) is 2.83. The zero-order valence-electron chi connectivity index (χ0n) is 20.4. The van der Waals surface area contributed by atoms with Gasteiger partial charge in [0.05, 0.1) is 11.1 Å². The number of nitrogens with one attached hydrogen (secondary N) is 2. The van der Waals surface area contributed by atoms with Crippen molar-refractivity contribution in [3.63, 3.8) is 0 Å². The summed E-state index contributed by atoms with van der Waals surface area (Å²) in [4.78, 5) is 9.82. The van der Waals surface area contributed by atoms with Gasteiger partial charge in [-0.25, -0.2) is 6.29 Å². The van der Waals surface area contributed by atoms with Crippen molar-refractivity contribution in [2.75, 3.05) is 6.54 Å². The first-order valence-corrected chi connectivity index (χ1v) is 11.8. The smallest absolute Gasteiger partial charge is 0.540 e. The van der Waals surface area contributed by atoms with Gasteiger partial charge >= 0.3 is 51.4 Å². The first-order chi connectivity index (χ1) is 15.1. The third-order valence-corrected chi connectivity index (χ3v) is 5.97. The summed E-state index contributed by atoms with van der Waals surface area (Å²) < 4.78 is 0. The van der Waals surface area contributed by atoms with Gasteiger partial charge in [0.25, 0.3) is 0 Å². The maximum atomic E-state index is 9.82. The van der Waals surface area contributed by atoms with Crippen molar-refractivity contribution in [2.45, 2.75) is 58.5 Å². The van der Waals surface area contributed by atoms with E-state index in [1.807, 2.05) is 33.1 Å². The molecule has 1 heterocycles. The molecule has 33 heavy (non-hydrogen) atoms. The number of hydrogen-bond donors (Lipinski definition) is 2. The quantitative estimate of drug-likeness (QED) is 0.217. The molecular weight excluding hydrogens is 502 g/mol. The number of halogens is 3. The van der Waals surface area contributed by atoms with Gasteiger partial charge < -0.3 is 29.3 Å². The van der Waals surface area contributed by atoms with Crippen molar-refractivity contribution in [2.24, 2.45) is 5.92 Å². The van der Waals surface area contributed by atoms with Crippen LogP contribution in [-0.2, 0) is 4.79 Å². The Kier molecular flexibility index (Phi) is 22.1. The van der Waals surface area contributed by atoms with Crippen LogP contribution < -0.4 is 62.0 Å². The fourth-order valence-electron chi connectivity index (χ4n) is 2.86. The molecule has 7 heteroatoms. The zero-order valence-corrected chi connectivity index (χ0v) is 25.8. The second-order valence-corrected chi connectivity index (χ2v) is 8.79. The van der Waals surface area contributed by atoms with Crippen molar-refractivity contribution in [1.29, 1.82) is 0 Å². The Morgan fingerprint density at radius 1 is 1.33 bits per heavy atom. The van der Waals surface area contributed by atoms with Crippen molar-refractivity contribution in [1.82, 2.24) is 10.6 Å². The molecule has 1 saturated heterocycles. The second kappa shape index (κ2) is 20.6. The van der Waals surface area contributed by atoms with Gasteiger partial charge in [-0.3, -0.25) is 0 Å². The number of rotatable bonds is 8. The molecule has 0 bridgehead atoms. The van der Waals surface area contributed by atoms with E-state index in [4.69, 9.17) is 34.8 Å². The Hall–Kier alpha value is 0.376. The van der Waals surface area contributed by atoms with Crippen LogP contribution in [0.2, 0.25) is 10.0 Å². The standard InChI is InChI=1S/C13H14Cl3N.C8H14.C5H8NO.K/c1-4-12(15)9(3)17-8(2)11-6-5-10(14)7-13(11)16;1-5-8(6-2)7(3)4;7-4-5-2-1-3-6-5;/h4-8,17H,3H2,1-2H3;8H,1-3,5-6H2,4H3;5-6H,1-3H2;/q;-2;-1;+1/b12-4+;;;/t;;5-;/m..1./s1. The largest absolute Gasteiger partial charge is 1.00 e. The molecule has 1 fully saturated rings. The third kappa shape index (κ3) is 15.2. The number of benzene rings is 1. The number of hydrogen-bond acceptors (Lipinski definition) is 3. The molecule has 1 aliphatic heterocycles. The zero-order chi connectivity index (χ0) is 24.7. The normalized spacial score (nSPS) is 15.8. The van der Waals surface area contributed by atoms with Crippen LogP contribution in [0.25, 0.3) is 0 Å². The van der Waals surface area contributed by atoms with Crippen LogP contribution in [0.1, 0.15) is 58.1 Å². The summed E-state index contributed by atoms with van der Waals surface area (Å²) in [6.45, 7) is 22.1. The molecule has 3 nitrogen and oxygen atoms in total. The Balaban J connectivity index is 0. The summed E-state index contributed by atoms with van der Waals surface area (Å²) in [5, 5.41) is 8.01. The SMILES string of the molecule is C=C(C)C(C[CH2-])C[CH2-].C=C(NC(C)c1ccc(Cl)cc1Cl)/C(Cl)=C\C.O=[C-][C@H]1CCCN1.[K+]. The topological polar surface area (TPSA) is 41.1 Å². The molecular formula is C26H36Cl3KN2O-2. The van der Waals surface area contributed by atoms with Gasteiger partial charge in [-0.15, -0.1) is 6.58 Å². The molecule has 180 valence electrons.